The fourth-order valence-corrected chi connectivity index (χ4v) is 4.08. The highest BCUT2D eigenvalue weighted by Gasteiger charge is 2.33. The minimum absolute atomic E-state index is 0.278. The zero-order chi connectivity index (χ0) is 30.7. The summed E-state index contributed by atoms with van der Waals surface area (Å²) < 4.78 is 11.2. The van der Waals surface area contributed by atoms with Crippen molar-refractivity contribution in [2.24, 2.45) is 15.7 Å². The Balaban J connectivity index is 1.94. The van der Waals surface area contributed by atoms with Crippen LogP contribution in [0.3, 0.4) is 0 Å². The highest BCUT2D eigenvalue weighted by molar-refractivity contribution is 6.42. The largest absolute Gasteiger partial charge is 0.493 e. The second kappa shape index (κ2) is 15.2. The van der Waals surface area contributed by atoms with Crippen LogP contribution < -0.4 is 21.1 Å². The van der Waals surface area contributed by atoms with Gasteiger partial charge in [-0.05, 0) is 66.5 Å². The van der Waals surface area contributed by atoms with E-state index in [-0.39, 0.29) is 5.91 Å². The van der Waals surface area contributed by atoms with E-state index in [9.17, 15) is 14.4 Å². The number of benzene rings is 1. The molecule has 0 aliphatic carbocycles. The molecule has 0 saturated heterocycles. The van der Waals surface area contributed by atoms with E-state index in [4.69, 9.17) is 20.2 Å². The molecule has 4 N–H and O–H groups in total. The number of amides is 3. The quantitative estimate of drug-likeness (QED) is 0.307. The van der Waals surface area contributed by atoms with E-state index in [1.165, 1.54) is 11.9 Å². The summed E-state index contributed by atoms with van der Waals surface area (Å²) >= 11 is 0. The summed E-state index contributed by atoms with van der Waals surface area (Å²) in [4.78, 5) is 49.8. The van der Waals surface area contributed by atoms with E-state index in [1.54, 1.807) is 27.7 Å². The first-order chi connectivity index (χ1) is 19.3. The number of nitrogens with zero attached hydrogens (tertiary/aromatic N) is 4. The van der Waals surface area contributed by atoms with Crippen molar-refractivity contribution in [2.45, 2.75) is 85.2 Å². The molecule has 1 aromatic rings. The van der Waals surface area contributed by atoms with Gasteiger partial charge < -0.3 is 30.7 Å². The summed E-state index contributed by atoms with van der Waals surface area (Å²) in [5.41, 5.74) is 6.53. The number of hydrogen-bond acceptors (Lipinski definition) is 9. The van der Waals surface area contributed by atoms with Crippen molar-refractivity contribution in [3.63, 3.8) is 0 Å². The number of likely N-dealkylation sites (N-methyl/N-ethyl adjacent to an activating group) is 1. The van der Waals surface area contributed by atoms with Crippen molar-refractivity contribution >= 4 is 35.1 Å². The Kier molecular flexibility index (Phi) is 12.4. The van der Waals surface area contributed by atoms with Crippen LogP contribution in [0.5, 0.6) is 5.75 Å². The summed E-state index contributed by atoms with van der Waals surface area (Å²) in [7, 11) is 1.53. The summed E-state index contributed by atoms with van der Waals surface area (Å²) in [6.07, 6.45) is 0.00389. The van der Waals surface area contributed by atoms with Gasteiger partial charge in [-0.25, -0.2) is 9.79 Å². The number of nitrogens with two attached hydrogens (primary N) is 1. The number of primary amides is 1. The Labute approximate surface area is 243 Å². The highest BCUT2D eigenvalue weighted by Crippen LogP contribution is 2.22. The number of amidine groups is 1. The lowest BCUT2D eigenvalue weighted by Crippen LogP contribution is -2.49. The lowest BCUT2D eigenvalue weighted by atomic mass is 10.1. The maximum Gasteiger partial charge on any atom is 0.410 e. The van der Waals surface area contributed by atoms with Gasteiger partial charge in [-0.3, -0.25) is 19.5 Å². The fourth-order valence-electron chi connectivity index (χ4n) is 4.08. The first-order valence-corrected chi connectivity index (χ1v) is 14.2. The van der Waals surface area contributed by atoms with E-state index in [1.807, 2.05) is 31.2 Å². The van der Waals surface area contributed by atoms with Crippen molar-refractivity contribution in [1.82, 2.24) is 15.1 Å². The minimum Gasteiger partial charge on any atom is -0.493 e. The Bertz CT molecular complexity index is 1110. The molecule has 0 bridgehead atoms. The molecule has 0 aromatic heterocycles. The number of aliphatic imine (C=N–C) groups is 2. The van der Waals surface area contributed by atoms with Gasteiger partial charge in [0.15, 0.2) is 12.2 Å². The highest BCUT2D eigenvalue weighted by atomic mass is 16.6. The van der Waals surface area contributed by atoms with Crippen LogP contribution >= 0.6 is 0 Å². The number of nitrogens with one attached hydrogen (secondary N) is 2. The summed E-state index contributed by atoms with van der Waals surface area (Å²) in [5.74, 6) is 0.571. The second-order valence-corrected chi connectivity index (χ2v) is 10.8. The van der Waals surface area contributed by atoms with Gasteiger partial charge in [0, 0.05) is 38.4 Å². The second-order valence-electron chi connectivity index (χ2n) is 10.8. The predicted molar refractivity (Wildman–Crippen MR) is 161 cm³/mol. The molecule has 0 saturated carbocycles. The third-order valence-corrected chi connectivity index (χ3v) is 6.48. The Hall–Kier alpha value is -3.83. The van der Waals surface area contributed by atoms with Crippen molar-refractivity contribution in [1.29, 1.82) is 0 Å². The monoisotopic (exact) mass is 573 g/mol. The molecule has 228 valence electrons. The van der Waals surface area contributed by atoms with Crippen LogP contribution in [0, 0.1) is 0 Å². The first-order valence-electron chi connectivity index (χ1n) is 14.2. The maximum atomic E-state index is 12.5. The SMILES string of the molecule is CCC1=NC(C(N)=O)C(Nc2cccc(OCCCNC(=O)[C@H](C)N(C)C(=O)OC(C)(C)C)c2)N=C1N(CC)CC. The van der Waals surface area contributed by atoms with E-state index in [2.05, 4.69) is 34.4 Å². The topological polar surface area (TPSA) is 151 Å². The average molecular weight is 574 g/mol. The van der Waals surface area contributed by atoms with Gasteiger partial charge in [0.2, 0.25) is 11.8 Å². The molecule has 0 radical (unpaired) electrons. The molecular formula is C29H47N7O5. The number of hydrogen-bond donors (Lipinski definition) is 3. The van der Waals surface area contributed by atoms with Crippen LogP contribution in [0.4, 0.5) is 10.5 Å². The molecule has 1 aliphatic rings. The van der Waals surface area contributed by atoms with E-state index in [0.717, 1.165) is 24.6 Å². The van der Waals surface area contributed by atoms with E-state index >= 15 is 0 Å². The van der Waals surface area contributed by atoms with Crippen LogP contribution in [0.25, 0.3) is 0 Å². The molecule has 1 aliphatic heterocycles. The van der Waals surface area contributed by atoms with E-state index < -0.39 is 35.9 Å². The third-order valence-electron chi connectivity index (χ3n) is 6.48. The molecule has 41 heavy (non-hydrogen) atoms. The molecule has 2 unspecified atom stereocenters. The van der Waals surface area contributed by atoms with E-state index in [0.29, 0.717) is 37.4 Å². The van der Waals surface area contributed by atoms with Crippen molar-refractivity contribution in [3.05, 3.63) is 24.3 Å². The lowest BCUT2D eigenvalue weighted by Gasteiger charge is -2.32. The Morgan fingerprint density at radius 2 is 1.80 bits per heavy atom. The van der Waals surface area contributed by atoms with Crippen LogP contribution in [0.15, 0.2) is 34.3 Å². The Morgan fingerprint density at radius 1 is 1.12 bits per heavy atom. The fraction of sp³-hybridized carbons (Fsp3) is 0.621. The number of ether oxygens (including phenoxy) is 2. The smallest absolute Gasteiger partial charge is 0.410 e. The van der Waals surface area contributed by atoms with Crippen LogP contribution in [0.1, 0.15) is 61.3 Å². The van der Waals surface area contributed by atoms with Crippen LogP contribution in [0.2, 0.25) is 0 Å². The van der Waals surface area contributed by atoms with Crippen LogP contribution in [-0.4, -0.2) is 96.4 Å². The first kappa shape index (κ1) is 33.4. The standard InChI is InChI=1S/C29H47N7O5/c1-9-22-26(36(10-2)11-3)34-25(23(33-22)24(30)37)32-20-14-12-15-21(18-20)40-17-13-16-31-27(38)19(4)35(8)28(39)41-29(5,6)7/h12,14-15,18-19,23,25,32H,9-11,13,16-17H2,1-8H3,(H2,30,37)(H,31,38)/t19-,23?,25?/m0/s1. The lowest BCUT2D eigenvalue weighted by molar-refractivity contribution is -0.125. The van der Waals surface area contributed by atoms with Gasteiger partial charge in [0.1, 0.15) is 23.2 Å². The van der Waals surface area contributed by atoms with Gasteiger partial charge in [-0.15, -0.1) is 0 Å². The zero-order valence-corrected chi connectivity index (χ0v) is 25.7. The number of carbonyl (C=O) groups excluding carboxylic acids is 3. The van der Waals surface area contributed by atoms with Crippen molar-refractivity contribution in [3.8, 4) is 5.75 Å². The van der Waals surface area contributed by atoms with Gasteiger partial charge in [0.05, 0.1) is 12.3 Å². The molecule has 1 aromatic carbocycles. The molecule has 12 nitrogen and oxygen atoms in total. The molecule has 1 heterocycles. The summed E-state index contributed by atoms with van der Waals surface area (Å²) in [5, 5.41) is 6.12. The number of anilines is 1. The molecule has 12 heteroatoms. The van der Waals surface area contributed by atoms with Gasteiger partial charge in [-0.1, -0.05) is 13.0 Å². The molecule has 0 spiro atoms. The predicted octanol–water partition coefficient (Wildman–Crippen LogP) is 3.02. The maximum absolute atomic E-state index is 12.5. The van der Waals surface area contributed by atoms with Gasteiger partial charge in [0.25, 0.3) is 0 Å². The zero-order valence-electron chi connectivity index (χ0n) is 25.7. The normalized spacial score (nSPS) is 17.5. The van der Waals surface area contributed by atoms with Gasteiger partial charge in [-0.2, -0.15) is 0 Å². The molecular weight excluding hydrogens is 526 g/mol. The number of carbonyl (C=O) groups is 3. The summed E-state index contributed by atoms with van der Waals surface area (Å²) in [6, 6.07) is 5.84. The Morgan fingerprint density at radius 3 is 2.39 bits per heavy atom. The average Bonchev–Trinajstić information content (AvgIpc) is 2.91. The van der Waals surface area contributed by atoms with Crippen molar-refractivity contribution < 1.29 is 23.9 Å². The van der Waals surface area contributed by atoms with Crippen LogP contribution in [-0.2, 0) is 14.3 Å². The third kappa shape index (κ3) is 9.94. The molecule has 3 amide bonds. The minimum atomic E-state index is -0.825. The molecule has 3 atom stereocenters. The van der Waals surface area contributed by atoms with Gasteiger partial charge >= 0.3 is 6.09 Å². The van der Waals surface area contributed by atoms with Crippen molar-refractivity contribution in [2.75, 3.05) is 38.6 Å². The molecule has 0 fully saturated rings. The molecule has 2 rings (SSSR count). The summed E-state index contributed by atoms with van der Waals surface area (Å²) in [6.45, 7) is 15.3. The number of rotatable bonds is 13.